The fraction of sp³-hybridized carbons (Fsp3) is 0.389. The van der Waals surface area contributed by atoms with Gasteiger partial charge in [-0.05, 0) is 18.1 Å². The molecule has 0 radical (unpaired) electrons. The molecule has 3 heterocycles. The SMILES string of the molecule is O=C(Cn1ccn2ncc(C3=CC(C(F)(F)F)=C(F)CC3)c2c1=O)N1CC(F)C1. The van der Waals surface area contributed by atoms with Gasteiger partial charge in [-0.1, -0.05) is 0 Å². The van der Waals surface area contributed by atoms with Gasteiger partial charge in [0, 0.05) is 24.4 Å². The zero-order valence-electron chi connectivity index (χ0n) is 14.9. The summed E-state index contributed by atoms with van der Waals surface area (Å²) in [5, 5.41) is 3.98. The van der Waals surface area contributed by atoms with Gasteiger partial charge in [-0.2, -0.15) is 18.3 Å². The lowest BCUT2D eigenvalue weighted by Gasteiger charge is -2.34. The molecule has 1 amide bonds. The number of hydrogen-bond donors (Lipinski definition) is 0. The first-order chi connectivity index (χ1) is 13.6. The number of amides is 1. The van der Waals surface area contributed by atoms with Crippen molar-refractivity contribution >= 4 is 17.0 Å². The number of fused-ring (bicyclic) bond motifs is 1. The average Bonchev–Trinajstić information content (AvgIpc) is 3.05. The van der Waals surface area contributed by atoms with Crippen molar-refractivity contribution in [3.05, 3.63) is 52.0 Å². The first kappa shape index (κ1) is 19.3. The Balaban J connectivity index is 1.72. The number of aromatic nitrogens is 3. The summed E-state index contributed by atoms with van der Waals surface area (Å²) >= 11 is 0. The fourth-order valence-corrected chi connectivity index (χ4v) is 3.42. The van der Waals surface area contributed by atoms with E-state index in [0.717, 1.165) is 4.57 Å². The molecule has 11 heteroatoms. The Labute approximate surface area is 160 Å². The van der Waals surface area contributed by atoms with E-state index in [1.54, 1.807) is 0 Å². The third-order valence-corrected chi connectivity index (χ3v) is 5.02. The molecule has 29 heavy (non-hydrogen) atoms. The standard InChI is InChI=1S/C18H15F5N4O2/c19-11-7-26(8-11)15(28)9-25-3-4-27-16(17(25)29)12(6-24-27)10-1-2-14(20)13(5-10)18(21,22)23/h3-6,11H,1-2,7-9H2. The molecule has 6 nitrogen and oxygen atoms in total. The second-order valence-corrected chi connectivity index (χ2v) is 6.96. The molecule has 1 aliphatic heterocycles. The summed E-state index contributed by atoms with van der Waals surface area (Å²) < 4.78 is 68.0. The van der Waals surface area contributed by atoms with Gasteiger partial charge in [0.1, 0.15) is 24.1 Å². The van der Waals surface area contributed by atoms with Gasteiger partial charge in [0.25, 0.3) is 5.56 Å². The maximum Gasteiger partial charge on any atom is 0.418 e. The molecule has 154 valence electrons. The first-order valence-corrected chi connectivity index (χ1v) is 8.80. The topological polar surface area (TPSA) is 59.6 Å². The van der Waals surface area contributed by atoms with Gasteiger partial charge in [0.05, 0.1) is 24.9 Å². The Bertz CT molecular complexity index is 1110. The van der Waals surface area contributed by atoms with E-state index in [-0.39, 0.29) is 42.7 Å². The van der Waals surface area contributed by atoms with Gasteiger partial charge < -0.3 is 9.47 Å². The van der Waals surface area contributed by atoms with Crippen molar-refractivity contribution in [2.45, 2.75) is 31.7 Å². The number of allylic oxidation sites excluding steroid dienone is 4. The highest BCUT2D eigenvalue weighted by Gasteiger charge is 2.37. The van der Waals surface area contributed by atoms with E-state index in [1.165, 1.54) is 28.0 Å². The smallest absolute Gasteiger partial charge is 0.335 e. The minimum absolute atomic E-state index is 0.0117. The van der Waals surface area contributed by atoms with Crippen LogP contribution in [0.2, 0.25) is 0 Å². The van der Waals surface area contributed by atoms with Gasteiger partial charge in [-0.3, -0.25) is 9.59 Å². The fourth-order valence-electron chi connectivity index (χ4n) is 3.42. The first-order valence-electron chi connectivity index (χ1n) is 8.80. The highest BCUT2D eigenvalue weighted by atomic mass is 19.4. The summed E-state index contributed by atoms with van der Waals surface area (Å²) in [7, 11) is 0. The zero-order chi connectivity index (χ0) is 20.9. The summed E-state index contributed by atoms with van der Waals surface area (Å²) in [5.41, 5.74) is -1.72. The average molecular weight is 414 g/mol. The van der Waals surface area contributed by atoms with Crippen LogP contribution in [-0.2, 0) is 11.3 Å². The Morgan fingerprint density at radius 3 is 2.59 bits per heavy atom. The van der Waals surface area contributed by atoms with E-state index in [4.69, 9.17) is 0 Å². The predicted octanol–water partition coefficient (Wildman–Crippen LogP) is 2.64. The lowest BCUT2D eigenvalue weighted by Crippen LogP contribution is -2.52. The summed E-state index contributed by atoms with van der Waals surface area (Å²) in [6.07, 6.45) is -1.72. The number of alkyl halides is 4. The van der Waals surface area contributed by atoms with Crippen molar-refractivity contribution in [3.8, 4) is 0 Å². The van der Waals surface area contributed by atoms with Crippen LogP contribution in [0.25, 0.3) is 11.1 Å². The van der Waals surface area contributed by atoms with E-state index in [0.29, 0.717) is 6.08 Å². The van der Waals surface area contributed by atoms with E-state index in [1.807, 2.05) is 0 Å². The lowest BCUT2D eigenvalue weighted by atomic mass is 9.93. The maximum absolute atomic E-state index is 13.7. The summed E-state index contributed by atoms with van der Waals surface area (Å²) in [6, 6.07) is 0. The molecule has 0 spiro atoms. The third-order valence-electron chi connectivity index (χ3n) is 5.02. The number of halogens is 5. The van der Waals surface area contributed by atoms with Crippen molar-refractivity contribution in [3.63, 3.8) is 0 Å². The zero-order valence-corrected chi connectivity index (χ0v) is 14.9. The van der Waals surface area contributed by atoms with Crippen LogP contribution in [0.4, 0.5) is 22.0 Å². The number of nitrogens with zero attached hydrogens (tertiary/aromatic N) is 4. The highest BCUT2D eigenvalue weighted by molar-refractivity contribution is 5.81. The summed E-state index contributed by atoms with van der Waals surface area (Å²) in [5.74, 6) is -1.69. The Morgan fingerprint density at radius 1 is 1.21 bits per heavy atom. The lowest BCUT2D eigenvalue weighted by molar-refractivity contribution is -0.138. The molecule has 2 aromatic rings. The Morgan fingerprint density at radius 2 is 1.93 bits per heavy atom. The Kier molecular flexibility index (Phi) is 4.55. The van der Waals surface area contributed by atoms with Gasteiger partial charge in [-0.15, -0.1) is 0 Å². The largest absolute Gasteiger partial charge is 0.418 e. The molecule has 0 unspecified atom stereocenters. The van der Waals surface area contributed by atoms with E-state index in [2.05, 4.69) is 5.10 Å². The third kappa shape index (κ3) is 3.45. The number of carbonyl (C=O) groups is 1. The number of likely N-dealkylation sites (tertiary alicyclic amines) is 1. The van der Waals surface area contributed by atoms with Gasteiger partial charge in [0.2, 0.25) is 5.91 Å². The molecular weight excluding hydrogens is 399 g/mol. The van der Waals surface area contributed by atoms with Crippen LogP contribution in [0.5, 0.6) is 0 Å². The number of rotatable bonds is 3. The molecular formula is C18H15F5N4O2. The number of carbonyl (C=O) groups excluding carboxylic acids is 1. The highest BCUT2D eigenvalue weighted by Crippen LogP contribution is 2.39. The van der Waals surface area contributed by atoms with Gasteiger partial charge in [0.15, 0.2) is 0 Å². The van der Waals surface area contributed by atoms with Crippen LogP contribution in [0, 0.1) is 0 Å². The quantitative estimate of drug-likeness (QED) is 0.726. The molecule has 0 bridgehead atoms. The molecule has 0 atom stereocenters. The van der Waals surface area contributed by atoms with E-state index >= 15 is 0 Å². The molecule has 0 N–H and O–H groups in total. The van der Waals surface area contributed by atoms with Crippen LogP contribution in [-0.4, -0.2) is 50.4 Å². The molecule has 2 aliphatic rings. The van der Waals surface area contributed by atoms with Crippen molar-refractivity contribution in [1.82, 2.24) is 19.1 Å². The van der Waals surface area contributed by atoms with Crippen LogP contribution in [0.1, 0.15) is 18.4 Å². The molecule has 1 aliphatic carbocycles. The molecule has 0 saturated carbocycles. The second-order valence-electron chi connectivity index (χ2n) is 6.96. The van der Waals surface area contributed by atoms with Crippen molar-refractivity contribution in [2.75, 3.05) is 13.1 Å². The van der Waals surface area contributed by atoms with Crippen LogP contribution in [0.3, 0.4) is 0 Å². The van der Waals surface area contributed by atoms with E-state index in [9.17, 15) is 31.5 Å². The second kappa shape index (κ2) is 6.82. The monoisotopic (exact) mass is 414 g/mol. The summed E-state index contributed by atoms with van der Waals surface area (Å²) in [6.45, 7) is -0.383. The molecule has 1 saturated heterocycles. The van der Waals surface area contributed by atoms with E-state index < -0.39 is 41.6 Å². The minimum atomic E-state index is -4.85. The molecule has 4 rings (SSSR count). The van der Waals surface area contributed by atoms with Crippen LogP contribution in [0.15, 0.2) is 40.9 Å². The van der Waals surface area contributed by atoms with Gasteiger partial charge >= 0.3 is 6.18 Å². The van der Waals surface area contributed by atoms with Crippen molar-refractivity contribution in [1.29, 1.82) is 0 Å². The predicted molar refractivity (Wildman–Crippen MR) is 92.3 cm³/mol. The van der Waals surface area contributed by atoms with Crippen molar-refractivity contribution in [2.24, 2.45) is 0 Å². The van der Waals surface area contributed by atoms with Crippen molar-refractivity contribution < 1.29 is 26.7 Å². The molecule has 2 aromatic heterocycles. The normalized spacial score (nSPS) is 18.2. The molecule has 0 aromatic carbocycles. The minimum Gasteiger partial charge on any atom is -0.335 e. The van der Waals surface area contributed by atoms with Crippen LogP contribution >= 0.6 is 0 Å². The molecule has 1 fully saturated rings. The maximum atomic E-state index is 13.7. The van der Waals surface area contributed by atoms with Crippen LogP contribution < -0.4 is 5.56 Å². The number of hydrogen-bond acceptors (Lipinski definition) is 3. The van der Waals surface area contributed by atoms with Gasteiger partial charge in [-0.25, -0.2) is 13.3 Å². The summed E-state index contributed by atoms with van der Waals surface area (Å²) in [4.78, 5) is 26.3. The Hall–Kier alpha value is -2.98.